The fourth-order valence-corrected chi connectivity index (χ4v) is 9.74. The molecule has 0 saturated carbocycles. The van der Waals surface area contributed by atoms with Crippen molar-refractivity contribution in [3.63, 3.8) is 0 Å². The molecule has 0 amide bonds. The first kappa shape index (κ1) is 50.1. The van der Waals surface area contributed by atoms with E-state index in [-0.39, 0.29) is 19.3 Å². The molecule has 0 aromatic heterocycles. The second-order valence-corrected chi connectivity index (χ2v) is 17.3. The standard InChI is InChI=1S/C52H68N2O13/c1-53(24-20-35-30-44(61-7)50(63-9)48(38(35)33-53)36-15-17-41(58-4)43(31-36)60-6)22-12-26-66-46(55)18-19-47(56)67-27-13-23-54(2)25-21-37-32-45(62-8)51(64-10)52(65-11)49(37)39(54)28-34-14-16-40(57-3)42(29-34)59-5/h14-19,29-32,39H,12-13,20-28,33H2,1-11H3/q+2. The van der Waals surface area contributed by atoms with Gasteiger partial charge in [0.1, 0.15) is 12.6 Å². The van der Waals surface area contributed by atoms with E-state index in [2.05, 4.69) is 26.2 Å². The average Bonchev–Trinajstić information content (AvgIpc) is 3.35. The van der Waals surface area contributed by atoms with Crippen LogP contribution in [-0.2, 0) is 44.9 Å². The molecule has 4 aromatic rings. The summed E-state index contributed by atoms with van der Waals surface area (Å²) in [6.45, 7) is 4.33. The van der Waals surface area contributed by atoms with Crippen LogP contribution in [-0.4, -0.2) is 138 Å². The largest absolute Gasteiger partial charge is 0.493 e. The molecule has 362 valence electrons. The predicted molar refractivity (Wildman–Crippen MR) is 253 cm³/mol. The number of hydrogen-bond donors (Lipinski definition) is 0. The number of methoxy groups -OCH3 is 9. The van der Waals surface area contributed by atoms with Crippen molar-refractivity contribution < 1.29 is 70.7 Å². The second-order valence-electron chi connectivity index (χ2n) is 17.3. The third-order valence-electron chi connectivity index (χ3n) is 13.3. The smallest absolute Gasteiger partial charge is 0.331 e. The van der Waals surface area contributed by atoms with Crippen molar-refractivity contribution >= 4 is 11.9 Å². The van der Waals surface area contributed by atoms with E-state index in [0.29, 0.717) is 82.0 Å². The van der Waals surface area contributed by atoms with Gasteiger partial charge < -0.3 is 61.1 Å². The molecule has 0 N–H and O–H groups in total. The van der Waals surface area contributed by atoms with E-state index in [1.165, 1.54) is 11.1 Å². The highest BCUT2D eigenvalue weighted by atomic mass is 16.5. The van der Waals surface area contributed by atoms with Crippen LogP contribution in [0.4, 0.5) is 0 Å². The van der Waals surface area contributed by atoms with Gasteiger partial charge in [-0.2, -0.15) is 0 Å². The van der Waals surface area contributed by atoms with Crippen LogP contribution in [0.3, 0.4) is 0 Å². The van der Waals surface area contributed by atoms with Gasteiger partial charge in [-0.3, -0.25) is 0 Å². The van der Waals surface area contributed by atoms with Crippen molar-refractivity contribution in [2.45, 2.75) is 44.7 Å². The lowest BCUT2D eigenvalue weighted by Gasteiger charge is -2.46. The van der Waals surface area contributed by atoms with Crippen molar-refractivity contribution in [2.24, 2.45) is 0 Å². The Morgan fingerprint density at radius 2 is 1.10 bits per heavy atom. The molecule has 0 saturated heterocycles. The van der Waals surface area contributed by atoms with E-state index >= 15 is 0 Å². The van der Waals surface area contributed by atoms with E-state index in [9.17, 15) is 9.59 Å². The van der Waals surface area contributed by atoms with Crippen LogP contribution in [0.25, 0.3) is 11.1 Å². The van der Waals surface area contributed by atoms with Gasteiger partial charge >= 0.3 is 11.9 Å². The molecule has 0 fully saturated rings. The summed E-state index contributed by atoms with van der Waals surface area (Å²) in [6.07, 6.45) is 5.78. The van der Waals surface area contributed by atoms with Crippen LogP contribution in [0.5, 0.6) is 51.7 Å². The summed E-state index contributed by atoms with van der Waals surface area (Å²) in [7, 11) is 19.1. The first-order valence-corrected chi connectivity index (χ1v) is 22.5. The molecule has 15 heteroatoms. The third-order valence-corrected chi connectivity index (χ3v) is 13.3. The van der Waals surface area contributed by atoms with Gasteiger partial charge in [0.2, 0.25) is 5.75 Å². The fraction of sp³-hybridized carbons (Fsp3) is 0.462. The molecule has 0 radical (unpaired) electrons. The summed E-state index contributed by atoms with van der Waals surface area (Å²) >= 11 is 0. The van der Waals surface area contributed by atoms with Crippen LogP contribution in [0.15, 0.2) is 60.7 Å². The lowest BCUT2D eigenvalue weighted by Crippen LogP contribution is -2.52. The maximum Gasteiger partial charge on any atom is 0.331 e. The number of nitrogens with zero attached hydrogens (tertiary/aromatic N) is 2. The number of quaternary nitrogens is 2. The molecular formula is C52H68N2O13+2. The normalized spacial score (nSPS) is 18.5. The summed E-state index contributed by atoms with van der Waals surface area (Å²) in [5.74, 6) is 4.50. The van der Waals surface area contributed by atoms with Crippen LogP contribution >= 0.6 is 0 Å². The SMILES string of the molecule is COc1ccc(CC2c3c(cc(OC)c(OC)c3OC)CC[N+]2(C)CCCOC(=O)C=CC(=O)OCCC[N+]2(C)CCc3cc(OC)c(OC)c(-c4ccc(OC)c(OC)c4)c3C2)cc1OC. The Morgan fingerprint density at radius 3 is 1.70 bits per heavy atom. The zero-order valence-electron chi connectivity index (χ0n) is 41.0. The zero-order valence-corrected chi connectivity index (χ0v) is 41.0. The van der Waals surface area contributed by atoms with Gasteiger partial charge in [-0.1, -0.05) is 12.1 Å². The van der Waals surface area contributed by atoms with Gasteiger partial charge in [0.15, 0.2) is 46.0 Å². The molecule has 0 aliphatic carbocycles. The summed E-state index contributed by atoms with van der Waals surface area (Å²) in [5.41, 5.74) is 7.52. The first-order valence-electron chi connectivity index (χ1n) is 22.5. The van der Waals surface area contributed by atoms with Crippen LogP contribution in [0.2, 0.25) is 0 Å². The number of carbonyl (C=O) groups excluding carboxylic acids is 2. The van der Waals surface area contributed by atoms with Crippen molar-refractivity contribution in [3.8, 4) is 62.9 Å². The molecular weight excluding hydrogens is 861 g/mol. The molecule has 0 bridgehead atoms. The van der Waals surface area contributed by atoms with Gasteiger partial charge in [0, 0.05) is 55.4 Å². The zero-order chi connectivity index (χ0) is 48.3. The highest BCUT2D eigenvalue weighted by molar-refractivity contribution is 5.91. The average molecular weight is 929 g/mol. The van der Waals surface area contributed by atoms with Crippen LogP contribution in [0.1, 0.15) is 46.7 Å². The van der Waals surface area contributed by atoms with E-state index < -0.39 is 11.9 Å². The molecule has 67 heavy (non-hydrogen) atoms. The fourth-order valence-electron chi connectivity index (χ4n) is 9.74. The third kappa shape index (κ3) is 11.1. The molecule has 0 spiro atoms. The second kappa shape index (κ2) is 22.4. The minimum atomic E-state index is -0.605. The van der Waals surface area contributed by atoms with E-state index in [0.717, 1.165) is 83.5 Å². The van der Waals surface area contributed by atoms with Gasteiger partial charge in [-0.15, -0.1) is 0 Å². The lowest BCUT2D eigenvalue weighted by atomic mass is 9.85. The number of esters is 2. The van der Waals surface area contributed by atoms with Crippen LogP contribution < -0.4 is 42.6 Å². The summed E-state index contributed by atoms with van der Waals surface area (Å²) < 4.78 is 64.1. The Labute approximate surface area is 395 Å². The number of hydrogen-bond acceptors (Lipinski definition) is 13. The minimum absolute atomic E-state index is 0.0497. The number of likely N-dealkylation sites (N-methyl/N-ethyl adjacent to an activating group) is 2. The maximum absolute atomic E-state index is 12.8. The quantitative estimate of drug-likeness (QED) is 0.0337. The van der Waals surface area contributed by atoms with Gasteiger partial charge in [-0.25, -0.2) is 9.59 Å². The van der Waals surface area contributed by atoms with Gasteiger partial charge in [-0.05, 0) is 58.7 Å². The predicted octanol–water partition coefficient (Wildman–Crippen LogP) is 7.34. The monoisotopic (exact) mass is 928 g/mol. The topological polar surface area (TPSA) is 136 Å². The van der Waals surface area contributed by atoms with Crippen molar-refractivity contribution in [2.75, 3.05) is 117 Å². The molecule has 6 rings (SSSR count). The molecule has 2 aliphatic rings. The van der Waals surface area contributed by atoms with E-state index in [1.54, 1.807) is 64.0 Å². The van der Waals surface area contributed by atoms with E-state index in [4.69, 9.17) is 52.1 Å². The molecule has 2 aliphatic heterocycles. The Morgan fingerprint density at radius 1 is 0.567 bits per heavy atom. The number of carbonyl (C=O) groups is 2. The van der Waals surface area contributed by atoms with Gasteiger partial charge in [0.25, 0.3) is 0 Å². The Hall–Kier alpha value is -6.32. The maximum atomic E-state index is 12.8. The molecule has 15 nitrogen and oxygen atoms in total. The highest BCUT2D eigenvalue weighted by Gasteiger charge is 2.43. The molecule has 4 aromatic carbocycles. The molecule has 3 unspecified atom stereocenters. The van der Waals surface area contributed by atoms with Crippen LogP contribution in [0, 0.1) is 0 Å². The molecule has 3 atom stereocenters. The summed E-state index contributed by atoms with van der Waals surface area (Å²) in [4.78, 5) is 25.6. The van der Waals surface area contributed by atoms with E-state index in [1.807, 2.05) is 36.4 Å². The Kier molecular flexibility index (Phi) is 16.8. The Bertz CT molecular complexity index is 2420. The number of benzene rings is 4. The molecule has 2 heterocycles. The van der Waals surface area contributed by atoms with Crippen molar-refractivity contribution in [1.29, 1.82) is 0 Å². The summed E-state index contributed by atoms with van der Waals surface area (Å²) in [5, 5.41) is 0. The highest BCUT2D eigenvalue weighted by Crippen LogP contribution is 2.51. The number of rotatable bonds is 22. The minimum Gasteiger partial charge on any atom is -0.493 e. The Balaban J connectivity index is 1.04. The number of ether oxygens (including phenoxy) is 11. The van der Waals surface area contributed by atoms with Gasteiger partial charge in [0.05, 0.1) is 123 Å². The lowest BCUT2D eigenvalue weighted by molar-refractivity contribution is -0.941. The summed E-state index contributed by atoms with van der Waals surface area (Å²) in [6, 6.07) is 15.9. The van der Waals surface area contributed by atoms with Crippen molar-refractivity contribution in [3.05, 3.63) is 88.5 Å². The first-order chi connectivity index (χ1) is 32.3. The van der Waals surface area contributed by atoms with Crippen molar-refractivity contribution in [1.82, 2.24) is 0 Å². The number of fused-ring (bicyclic) bond motifs is 2.